The minimum Gasteiger partial charge on any atom is -0.507 e. The van der Waals surface area contributed by atoms with Gasteiger partial charge in [0.2, 0.25) is 0 Å². The Kier molecular flexibility index (Phi) is 4.31. The number of hydrogen-bond acceptors (Lipinski definition) is 3. The molecule has 3 aromatic rings. The number of nitrogens with two attached hydrogens (primary N) is 1. The molecule has 0 bridgehead atoms. The fourth-order valence-electron chi connectivity index (χ4n) is 5.44. The number of nitrogen functional groups attached to an aromatic ring is 1. The first kappa shape index (κ1) is 18.7. The van der Waals surface area contributed by atoms with Gasteiger partial charge in [0, 0.05) is 17.2 Å². The summed E-state index contributed by atoms with van der Waals surface area (Å²) in [5, 5.41) is 22.0. The molecule has 3 unspecified atom stereocenters. The van der Waals surface area contributed by atoms with Gasteiger partial charge in [-0.15, -0.1) is 0 Å². The lowest BCUT2D eigenvalue weighted by Crippen LogP contribution is -2.35. The van der Waals surface area contributed by atoms with E-state index in [9.17, 15) is 5.11 Å². The van der Waals surface area contributed by atoms with E-state index in [0.29, 0.717) is 11.7 Å². The molecule has 1 heterocycles. The van der Waals surface area contributed by atoms with Gasteiger partial charge in [-0.05, 0) is 84.2 Å². The van der Waals surface area contributed by atoms with Crippen LogP contribution in [0.2, 0.25) is 0 Å². The summed E-state index contributed by atoms with van der Waals surface area (Å²) in [6.07, 6.45) is 2.15. The quantitative estimate of drug-likeness (QED) is 0.356. The van der Waals surface area contributed by atoms with Crippen molar-refractivity contribution in [3.05, 3.63) is 93.5 Å². The minimum absolute atomic E-state index is 0.102. The van der Waals surface area contributed by atoms with Crippen LogP contribution in [0, 0.1) is 25.2 Å². The van der Waals surface area contributed by atoms with Crippen LogP contribution in [0.15, 0.2) is 54.6 Å². The van der Waals surface area contributed by atoms with Crippen LogP contribution >= 0.6 is 0 Å². The van der Waals surface area contributed by atoms with Crippen LogP contribution in [-0.4, -0.2) is 10.9 Å². The van der Waals surface area contributed by atoms with E-state index in [2.05, 4.69) is 53.8 Å². The average Bonchev–Trinajstić information content (AvgIpc) is 2.75. The van der Waals surface area contributed by atoms with Gasteiger partial charge in [0.05, 0.1) is 6.04 Å². The number of phenolic OH excluding ortho intramolecular Hbond substituents is 1. The van der Waals surface area contributed by atoms with Gasteiger partial charge < -0.3 is 16.2 Å². The summed E-state index contributed by atoms with van der Waals surface area (Å²) in [6, 6.07) is 19.2. The molecule has 0 amide bonds. The maximum atomic E-state index is 10.3. The summed E-state index contributed by atoms with van der Waals surface area (Å²) in [5.74, 6) is 1.12. The predicted octanol–water partition coefficient (Wildman–Crippen LogP) is 5.15. The topological polar surface area (TPSA) is 82.1 Å². The Bertz CT molecular complexity index is 1140. The fraction of sp³-hybridized carbons (Fsp3) is 0.269. The number of aryl methyl sites for hydroxylation is 3. The van der Waals surface area contributed by atoms with Gasteiger partial charge in [-0.1, -0.05) is 36.4 Å². The molecule has 0 radical (unpaired) electrons. The molecule has 1 aliphatic heterocycles. The van der Waals surface area contributed by atoms with Crippen molar-refractivity contribution in [3.8, 4) is 5.75 Å². The van der Waals surface area contributed by atoms with Crippen LogP contribution in [0.1, 0.15) is 57.3 Å². The average molecular weight is 398 g/mol. The molecule has 0 saturated carbocycles. The maximum Gasteiger partial charge on any atom is 0.122 e. The largest absolute Gasteiger partial charge is 0.507 e. The first-order chi connectivity index (χ1) is 14.4. The Morgan fingerprint density at radius 1 is 1.03 bits per heavy atom. The number of amidine groups is 1. The van der Waals surface area contributed by atoms with Gasteiger partial charge in [0.1, 0.15) is 11.6 Å². The third-order valence-electron chi connectivity index (χ3n) is 6.87. The third kappa shape index (κ3) is 2.86. The van der Waals surface area contributed by atoms with E-state index in [4.69, 9.17) is 11.1 Å². The molecule has 0 fully saturated rings. The standard InChI is InChI=1S/C26H27N3O/c1-14-11-18(12-15(2)25(14)30)24-20-9-7-16-5-3-4-6-19(16)23(20)21-13-17(26(27)28)8-10-22(21)29-24/h3-6,8,10-13,20,23-24,29-30H,7,9H2,1-2H3,(H3,27,28). The van der Waals surface area contributed by atoms with Crippen molar-refractivity contribution < 1.29 is 5.11 Å². The molecule has 0 aromatic heterocycles. The Hall–Kier alpha value is -3.27. The Balaban J connectivity index is 1.70. The molecule has 2 aliphatic rings. The van der Waals surface area contributed by atoms with Crippen molar-refractivity contribution in [3.63, 3.8) is 0 Å². The number of rotatable bonds is 2. The van der Waals surface area contributed by atoms with Crippen LogP contribution in [-0.2, 0) is 6.42 Å². The number of phenols is 1. The maximum absolute atomic E-state index is 10.3. The number of fused-ring (bicyclic) bond motifs is 5. The second-order valence-corrected chi connectivity index (χ2v) is 8.72. The molecule has 4 heteroatoms. The highest BCUT2D eigenvalue weighted by Gasteiger charge is 2.41. The second kappa shape index (κ2) is 6.91. The summed E-state index contributed by atoms with van der Waals surface area (Å²) in [6.45, 7) is 3.94. The van der Waals surface area contributed by atoms with E-state index in [1.165, 1.54) is 22.3 Å². The molecule has 30 heavy (non-hydrogen) atoms. The normalized spacial score (nSPS) is 21.7. The van der Waals surface area contributed by atoms with Crippen molar-refractivity contribution in [2.45, 2.75) is 38.6 Å². The van der Waals surface area contributed by atoms with Gasteiger partial charge in [0.25, 0.3) is 0 Å². The third-order valence-corrected chi connectivity index (χ3v) is 6.87. The zero-order chi connectivity index (χ0) is 21.0. The molecule has 3 atom stereocenters. The van der Waals surface area contributed by atoms with Crippen LogP contribution in [0.4, 0.5) is 5.69 Å². The first-order valence-electron chi connectivity index (χ1n) is 10.6. The number of anilines is 1. The van der Waals surface area contributed by atoms with Crippen LogP contribution < -0.4 is 11.1 Å². The van der Waals surface area contributed by atoms with Gasteiger partial charge in [-0.3, -0.25) is 5.41 Å². The zero-order valence-corrected chi connectivity index (χ0v) is 17.4. The van der Waals surface area contributed by atoms with Crippen LogP contribution in [0.5, 0.6) is 5.75 Å². The van der Waals surface area contributed by atoms with Crippen molar-refractivity contribution in [2.24, 2.45) is 11.7 Å². The highest BCUT2D eigenvalue weighted by molar-refractivity contribution is 5.95. The van der Waals surface area contributed by atoms with Crippen molar-refractivity contribution >= 4 is 11.5 Å². The summed E-state index contributed by atoms with van der Waals surface area (Å²) < 4.78 is 0. The molecule has 4 nitrogen and oxygen atoms in total. The van der Waals surface area contributed by atoms with E-state index >= 15 is 0 Å². The number of aromatic hydroxyl groups is 1. The van der Waals surface area contributed by atoms with Gasteiger partial charge in [-0.2, -0.15) is 0 Å². The molecule has 1 aliphatic carbocycles. The smallest absolute Gasteiger partial charge is 0.122 e. The molecule has 0 spiro atoms. The molecule has 5 rings (SSSR count). The monoisotopic (exact) mass is 397 g/mol. The van der Waals surface area contributed by atoms with Gasteiger partial charge >= 0.3 is 0 Å². The molecule has 0 saturated heterocycles. The molecular formula is C26H27N3O. The molecule has 5 N–H and O–H groups in total. The fourth-order valence-corrected chi connectivity index (χ4v) is 5.44. The van der Waals surface area contributed by atoms with E-state index in [-0.39, 0.29) is 17.8 Å². The molecule has 3 aromatic carbocycles. The van der Waals surface area contributed by atoms with E-state index in [1.54, 1.807) is 0 Å². The molecule has 152 valence electrons. The van der Waals surface area contributed by atoms with E-state index < -0.39 is 0 Å². The molecular weight excluding hydrogens is 370 g/mol. The van der Waals surface area contributed by atoms with Crippen molar-refractivity contribution in [1.29, 1.82) is 5.41 Å². The lowest BCUT2D eigenvalue weighted by molar-refractivity contribution is 0.347. The lowest BCUT2D eigenvalue weighted by Gasteiger charge is -2.45. The minimum atomic E-state index is 0.102. The number of hydrogen-bond donors (Lipinski definition) is 4. The van der Waals surface area contributed by atoms with Gasteiger partial charge in [0.15, 0.2) is 0 Å². The van der Waals surface area contributed by atoms with Crippen molar-refractivity contribution in [2.75, 3.05) is 5.32 Å². The van der Waals surface area contributed by atoms with Crippen LogP contribution in [0.3, 0.4) is 0 Å². The summed E-state index contributed by atoms with van der Waals surface area (Å²) in [5.41, 5.74) is 14.8. The second-order valence-electron chi connectivity index (χ2n) is 8.72. The van der Waals surface area contributed by atoms with Gasteiger partial charge in [-0.25, -0.2) is 0 Å². The Morgan fingerprint density at radius 2 is 1.77 bits per heavy atom. The summed E-state index contributed by atoms with van der Waals surface area (Å²) in [4.78, 5) is 0. The van der Waals surface area contributed by atoms with E-state index in [0.717, 1.165) is 35.2 Å². The van der Waals surface area contributed by atoms with Crippen molar-refractivity contribution in [1.82, 2.24) is 0 Å². The zero-order valence-electron chi connectivity index (χ0n) is 17.4. The van der Waals surface area contributed by atoms with E-state index in [1.807, 2.05) is 19.9 Å². The highest BCUT2D eigenvalue weighted by atomic mass is 16.3. The Morgan fingerprint density at radius 3 is 2.50 bits per heavy atom. The number of nitrogens with one attached hydrogen (secondary N) is 2. The predicted molar refractivity (Wildman–Crippen MR) is 121 cm³/mol. The first-order valence-corrected chi connectivity index (χ1v) is 10.6. The van der Waals surface area contributed by atoms with Crippen LogP contribution in [0.25, 0.3) is 0 Å². The number of benzene rings is 3. The summed E-state index contributed by atoms with van der Waals surface area (Å²) >= 11 is 0. The Labute approximate surface area is 177 Å². The lowest BCUT2D eigenvalue weighted by atomic mass is 9.65. The SMILES string of the molecule is Cc1cc(C2Nc3ccc(C(=N)N)cc3C3c4ccccc4CCC23)cc(C)c1O. The summed E-state index contributed by atoms with van der Waals surface area (Å²) in [7, 11) is 0. The highest BCUT2D eigenvalue weighted by Crippen LogP contribution is 2.53.